The van der Waals surface area contributed by atoms with Gasteiger partial charge in [-0.25, -0.2) is 0 Å². The molecule has 2 saturated carbocycles. The Kier molecular flexibility index (Phi) is 3.53. The van der Waals surface area contributed by atoms with E-state index in [9.17, 15) is 4.79 Å². The summed E-state index contributed by atoms with van der Waals surface area (Å²) < 4.78 is 0. The molecule has 0 amide bonds. The molecule has 2 heteroatoms. The number of carbonyl (C=O) groups is 1. The van der Waals surface area contributed by atoms with Gasteiger partial charge in [-0.05, 0) is 19.3 Å². The van der Waals surface area contributed by atoms with Crippen molar-refractivity contribution in [2.75, 3.05) is 0 Å². The molecule has 0 spiro atoms. The summed E-state index contributed by atoms with van der Waals surface area (Å²) in [4.78, 5) is 11.4. The summed E-state index contributed by atoms with van der Waals surface area (Å²) in [6, 6.07) is 0. The fraction of sp³-hybridized carbons (Fsp3) is 0.917. The molecule has 0 aromatic rings. The number of thioether (sulfide) groups is 1. The fourth-order valence-electron chi connectivity index (χ4n) is 2.60. The van der Waals surface area contributed by atoms with Crippen LogP contribution in [-0.4, -0.2) is 16.3 Å². The molecule has 0 N–H and O–H groups in total. The topological polar surface area (TPSA) is 17.1 Å². The zero-order chi connectivity index (χ0) is 9.97. The molecule has 2 unspecified atom stereocenters. The number of ketones is 1. The minimum Gasteiger partial charge on any atom is -0.299 e. The lowest BCUT2D eigenvalue weighted by atomic mass is 10.0. The molecule has 2 rings (SSSR count). The third-order valence-electron chi connectivity index (χ3n) is 3.66. The van der Waals surface area contributed by atoms with Gasteiger partial charge in [-0.15, -0.1) is 0 Å². The van der Waals surface area contributed by atoms with E-state index in [4.69, 9.17) is 0 Å². The van der Waals surface area contributed by atoms with Crippen molar-refractivity contribution in [1.29, 1.82) is 0 Å². The number of Topliss-reactive ketones (excluding diaryl/α,β-unsaturated/α-hetero) is 1. The van der Waals surface area contributed by atoms with Gasteiger partial charge in [0.15, 0.2) is 0 Å². The van der Waals surface area contributed by atoms with Gasteiger partial charge in [0, 0.05) is 22.8 Å². The first-order valence-electron chi connectivity index (χ1n) is 5.95. The van der Waals surface area contributed by atoms with Crippen molar-refractivity contribution in [2.24, 2.45) is 5.92 Å². The van der Waals surface area contributed by atoms with Crippen LogP contribution in [0, 0.1) is 5.92 Å². The van der Waals surface area contributed by atoms with Gasteiger partial charge in [-0.3, -0.25) is 4.79 Å². The molecule has 0 radical (unpaired) electrons. The van der Waals surface area contributed by atoms with Gasteiger partial charge < -0.3 is 0 Å². The summed E-state index contributed by atoms with van der Waals surface area (Å²) in [5, 5.41) is 1.51. The van der Waals surface area contributed by atoms with Crippen LogP contribution >= 0.6 is 11.8 Å². The van der Waals surface area contributed by atoms with Crippen molar-refractivity contribution in [3.63, 3.8) is 0 Å². The van der Waals surface area contributed by atoms with E-state index < -0.39 is 0 Å². The Morgan fingerprint density at radius 1 is 1.14 bits per heavy atom. The van der Waals surface area contributed by atoms with Crippen molar-refractivity contribution in [1.82, 2.24) is 0 Å². The third-order valence-corrected chi connectivity index (χ3v) is 5.51. The molecular weight excluding hydrogens is 192 g/mol. The molecule has 0 aromatic heterocycles. The minimum atomic E-state index is 0.335. The molecule has 80 valence electrons. The Hall–Kier alpha value is 0.0200. The van der Waals surface area contributed by atoms with E-state index in [1.807, 2.05) is 0 Å². The predicted octanol–water partition coefficient (Wildman–Crippen LogP) is 3.42. The second-order valence-electron chi connectivity index (χ2n) is 4.73. The van der Waals surface area contributed by atoms with Crippen molar-refractivity contribution >= 4 is 17.5 Å². The SMILES string of the molecule is CC1C(=O)CCC1SC1CCCCC1. The van der Waals surface area contributed by atoms with Gasteiger partial charge in [0.25, 0.3) is 0 Å². The largest absolute Gasteiger partial charge is 0.299 e. The number of rotatable bonds is 2. The van der Waals surface area contributed by atoms with E-state index in [1.54, 1.807) is 0 Å². The predicted molar refractivity (Wildman–Crippen MR) is 61.7 cm³/mol. The standard InChI is InChI=1S/C12H20OS/c1-9-11(13)7-8-12(9)14-10-5-3-2-4-6-10/h9-10,12H,2-8H2,1H3. The van der Waals surface area contributed by atoms with Crippen LogP contribution in [0.3, 0.4) is 0 Å². The van der Waals surface area contributed by atoms with Crippen LogP contribution in [0.15, 0.2) is 0 Å². The molecule has 1 nitrogen and oxygen atoms in total. The molecule has 2 aliphatic rings. The molecular formula is C12H20OS. The van der Waals surface area contributed by atoms with Crippen LogP contribution in [0.5, 0.6) is 0 Å². The Balaban J connectivity index is 1.81. The molecule has 0 bridgehead atoms. The molecule has 2 aliphatic carbocycles. The van der Waals surface area contributed by atoms with Gasteiger partial charge in [0.1, 0.15) is 5.78 Å². The monoisotopic (exact) mass is 212 g/mol. The number of hydrogen-bond acceptors (Lipinski definition) is 2. The summed E-state index contributed by atoms with van der Waals surface area (Å²) >= 11 is 2.12. The maximum absolute atomic E-state index is 11.4. The molecule has 14 heavy (non-hydrogen) atoms. The second kappa shape index (κ2) is 4.69. The maximum atomic E-state index is 11.4. The van der Waals surface area contributed by atoms with Gasteiger partial charge in [0.2, 0.25) is 0 Å². The molecule has 0 aliphatic heterocycles. The zero-order valence-corrected chi connectivity index (χ0v) is 9.81. The van der Waals surface area contributed by atoms with E-state index in [-0.39, 0.29) is 0 Å². The van der Waals surface area contributed by atoms with Crippen LogP contribution in [0.25, 0.3) is 0 Å². The Labute approximate surface area is 91.0 Å². The van der Waals surface area contributed by atoms with Crippen LogP contribution < -0.4 is 0 Å². The van der Waals surface area contributed by atoms with Crippen LogP contribution in [0.2, 0.25) is 0 Å². The third kappa shape index (κ3) is 2.33. The molecule has 2 fully saturated rings. The Morgan fingerprint density at radius 2 is 1.86 bits per heavy atom. The number of carbonyl (C=O) groups excluding carboxylic acids is 1. The molecule has 0 saturated heterocycles. The van der Waals surface area contributed by atoms with Gasteiger partial charge in [0.05, 0.1) is 0 Å². The van der Waals surface area contributed by atoms with Gasteiger partial charge in [-0.1, -0.05) is 26.2 Å². The first-order chi connectivity index (χ1) is 6.77. The van der Waals surface area contributed by atoms with Crippen LogP contribution in [-0.2, 0) is 4.79 Å². The highest BCUT2D eigenvalue weighted by Crippen LogP contribution is 2.39. The smallest absolute Gasteiger partial charge is 0.136 e. The van der Waals surface area contributed by atoms with Crippen molar-refractivity contribution < 1.29 is 4.79 Å². The second-order valence-corrected chi connectivity index (χ2v) is 6.27. The average Bonchev–Trinajstić information content (AvgIpc) is 2.52. The average molecular weight is 212 g/mol. The van der Waals surface area contributed by atoms with Crippen molar-refractivity contribution in [3.8, 4) is 0 Å². The van der Waals surface area contributed by atoms with Gasteiger partial charge >= 0.3 is 0 Å². The first kappa shape index (κ1) is 10.5. The van der Waals surface area contributed by atoms with E-state index in [1.165, 1.54) is 32.1 Å². The Morgan fingerprint density at radius 3 is 2.43 bits per heavy atom. The lowest BCUT2D eigenvalue weighted by molar-refractivity contribution is -0.120. The highest BCUT2D eigenvalue weighted by atomic mass is 32.2. The quantitative estimate of drug-likeness (QED) is 0.697. The van der Waals surface area contributed by atoms with Crippen molar-refractivity contribution in [2.45, 2.75) is 62.4 Å². The highest BCUT2D eigenvalue weighted by Gasteiger charge is 2.33. The lowest BCUT2D eigenvalue weighted by Gasteiger charge is -2.25. The highest BCUT2D eigenvalue weighted by molar-refractivity contribution is 8.00. The number of hydrogen-bond donors (Lipinski definition) is 0. The van der Waals surface area contributed by atoms with E-state index in [2.05, 4.69) is 18.7 Å². The normalized spacial score (nSPS) is 35.1. The van der Waals surface area contributed by atoms with E-state index >= 15 is 0 Å². The molecule has 0 aromatic carbocycles. The maximum Gasteiger partial charge on any atom is 0.136 e. The summed E-state index contributed by atoms with van der Waals surface area (Å²) in [6.45, 7) is 2.12. The molecule has 0 heterocycles. The lowest BCUT2D eigenvalue weighted by Crippen LogP contribution is -2.18. The van der Waals surface area contributed by atoms with Crippen LogP contribution in [0.1, 0.15) is 51.9 Å². The summed E-state index contributed by atoms with van der Waals surface area (Å²) in [6.07, 6.45) is 9.01. The molecule has 2 atom stereocenters. The zero-order valence-electron chi connectivity index (χ0n) is 9.00. The summed E-state index contributed by atoms with van der Waals surface area (Å²) in [5.74, 6) is 0.834. The van der Waals surface area contributed by atoms with Crippen molar-refractivity contribution in [3.05, 3.63) is 0 Å². The summed E-state index contributed by atoms with van der Waals surface area (Å²) in [7, 11) is 0. The van der Waals surface area contributed by atoms with Crippen LogP contribution in [0.4, 0.5) is 0 Å². The summed E-state index contributed by atoms with van der Waals surface area (Å²) in [5.41, 5.74) is 0. The minimum absolute atomic E-state index is 0.335. The first-order valence-corrected chi connectivity index (χ1v) is 6.90. The fourth-order valence-corrected chi connectivity index (χ4v) is 4.35. The van der Waals surface area contributed by atoms with Gasteiger partial charge in [-0.2, -0.15) is 11.8 Å². The Bertz CT molecular complexity index is 208. The van der Waals surface area contributed by atoms with E-state index in [0.29, 0.717) is 17.0 Å². The van der Waals surface area contributed by atoms with E-state index in [0.717, 1.165) is 18.1 Å².